The first kappa shape index (κ1) is 8.79. The summed E-state index contributed by atoms with van der Waals surface area (Å²) in [5, 5.41) is 0. The van der Waals surface area contributed by atoms with Gasteiger partial charge in [-0.15, -0.1) is 0 Å². The molecule has 0 aromatic carbocycles. The van der Waals surface area contributed by atoms with E-state index in [-0.39, 0.29) is 0 Å². The minimum atomic E-state index is 0.910. The van der Waals surface area contributed by atoms with Crippen molar-refractivity contribution in [3.8, 4) is 0 Å². The van der Waals surface area contributed by atoms with Gasteiger partial charge < -0.3 is 4.57 Å². The van der Waals surface area contributed by atoms with Crippen molar-refractivity contribution < 1.29 is 0 Å². The number of nitrogens with zero attached hydrogens (tertiary/aromatic N) is 2. The Morgan fingerprint density at radius 3 is 2.62 bits per heavy atom. The molecule has 0 radical (unpaired) electrons. The Balaban J connectivity index is 2.04. The zero-order valence-electron chi connectivity index (χ0n) is 8.58. The van der Waals surface area contributed by atoms with Crippen molar-refractivity contribution in [2.45, 2.75) is 46.1 Å². The number of aryl methyl sites for hydroxylation is 1. The number of imidazole rings is 1. The highest BCUT2D eigenvalue weighted by Gasteiger charge is 2.16. The molecule has 1 aromatic heterocycles. The lowest BCUT2D eigenvalue weighted by Crippen LogP contribution is -2.07. The van der Waals surface area contributed by atoms with E-state index in [0.717, 1.165) is 5.92 Å². The predicted molar refractivity (Wildman–Crippen MR) is 53.7 cm³/mol. The van der Waals surface area contributed by atoms with Gasteiger partial charge in [0, 0.05) is 12.2 Å². The standard InChI is InChI=1S/C11H18N2/c1-9-10(2)13(8-12-9)7-11-5-3-4-6-11/h8,11H,3-7H2,1-2H3. The highest BCUT2D eigenvalue weighted by molar-refractivity contribution is 5.08. The first-order valence-corrected chi connectivity index (χ1v) is 5.25. The topological polar surface area (TPSA) is 17.8 Å². The Kier molecular flexibility index (Phi) is 2.38. The van der Waals surface area contributed by atoms with Crippen molar-refractivity contribution in [2.24, 2.45) is 5.92 Å². The SMILES string of the molecule is Cc1ncn(CC2CCCC2)c1C. The lowest BCUT2D eigenvalue weighted by atomic mass is 10.1. The Morgan fingerprint density at radius 2 is 2.08 bits per heavy atom. The molecular weight excluding hydrogens is 160 g/mol. The van der Waals surface area contributed by atoms with Gasteiger partial charge in [0.2, 0.25) is 0 Å². The van der Waals surface area contributed by atoms with Crippen molar-refractivity contribution >= 4 is 0 Å². The molecule has 0 saturated heterocycles. The molecule has 1 saturated carbocycles. The summed E-state index contributed by atoms with van der Waals surface area (Å²) in [6, 6.07) is 0. The smallest absolute Gasteiger partial charge is 0.0951 e. The molecule has 2 rings (SSSR count). The van der Waals surface area contributed by atoms with Gasteiger partial charge in [-0.1, -0.05) is 12.8 Å². The molecule has 0 bridgehead atoms. The van der Waals surface area contributed by atoms with Crippen LogP contribution in [0.3, 0.4) is 0 Å². The van der Waals surface area contributed by atoms with E-state index in [9.17, 15) is 0 Å². The summed E-state index contributed by atoms with van der Waals surface area (Å²) in [7, 11) is 0. The van der Waals surface area contributed by atoms with Crippen molar-refractivity contribution in [1.82, 2.24) is 9.55 Å². The highest BCUT2D eigenvalue weighted by atomic mass is 15.1. The maximum atomic E-state index is 4.32. The molecule has 13 heavy (non-hydrogen) atoms. The molecule has 0 unspecified atom stereocenters. The number of aromatic nitrogens is 2. The summed E-state index contributed by atoms with van der Waals surface area (Å²) in [5.74, 6) is 0.910. The number of rotatable bonds is 2. The van der Waals surface area contributed by atoms with Crippen LogP contribution in [-0.4, -0.2) is 9.55 Å². The minimum absolute atomic E-state index is 0.910. The van der Waals surface area contributed by atoms with Crippen LogP contribution in [-0.2, 0) is 6.54 Å². The molecule has 1 heterocycles. The number of hydrogen-bond donors (Lipinski definition) is 0. The third-order valence-electron chi connectivity index (χ3n) is 3.27. The Bertz CT molecular complexity index is 282. The van der Waals surface area contributed by atoms with E-state index < -0.39 is 0 Å². The second-order valence-corrected chi connectivity index (χ2v) is 4.22. The first-order valence-electron chi connectivity index (χ1n) is 5.25. The fourth-order valence-electron chi connectivity index (χ4n) is 2.20. The quantitative estimate of drug-likeness (QED) is 0.681. The fourth-order valence-corrected chi connectivity index (χ4v) is 2.20. The third kappa shape index (κ3) is 1.77. The van der Waals surface area contributed by atoms with Gasteiger partial charge in [0.15, 0.2) is 0 Å². The summed E-state index contributed by atoms with van der Waals surface area (Å²) in [4.78, 5) is 4.32. The van der Waals surface area contributed by atoms with E-state index in [0.29, 0.717) is 0 Å². The van der Waals surface area contributed by atoms with Crippen LogP contribution in [0.2, 0.25) is 0 Å². The third-order valence-corrected chi connectivity index (χ3v) is 3.27. The summed E-state index contributed by atoms with van der Waals surface area (Å²) >= 11 is 0. The van der Waals surface area contributed by atoms with Crippen LogP contribution in [0.4, 0.5) is 0 Å². The number of hydrogen-bond acceptors (Lipinski definition) is 1. The summed E-state index contributed by atoms with van der Waals surface area (Å²) in [5.41, 5.74) is 2.52. The van der Waals surface area contributed by atoms with Gasteiger partial charge in [0.1, 0.15) is 0 Å². The summed E-state index contributed by atoms with van der Waals surface area (Å²) in [6.45, 7) is 5.43. The van der Waals surface area contributed by atoms with Crippen molar-refractivity contribution in [3.05, 3.63) is 17.7 Å². The second kappa shape index (κ2) is 3.52. The average Bonchev–Trinajstić information content (AvgIpc) is 2.71. The molecule has 1 aliphatic carbocycles. The lowest BCUT2D eigenvalue weighted by molar-refractivity contribution is 0.452. The zero-order chi connectivity index (χ0) is 9.26. The van der Waals surface area contributed by atoms with Crippen LogP contribution in [0, 0.1) is 19.8 Å². The average molecular weight is 178 g/mol. The van der Waals surface area contributed by atoms with Gasteiger partial charge in [0.25, 0.3) is 0 Å². The highest BCUT2D eigenvalue weighted by Crippen LogP contribution is 2.26. The van der Waals surface area contributed by atoms with Crippen LogP contribution >= 0.6 is 0 Å². The second-order valence-electron chi connectivity index (χ2n) is 4.22. The Morgan fingerprint density at radius 1 is 1.38 bits per heavy atom. The molecule has 0 aliphatic heterocycles. The van der Waals surface area contributed by atoms with Gasteiger partial charge in [-0.2, -0.15) is 0 Å². The normalized spacial score (nSPS) is 18.3. The molecule has 1 fully saturated rings. The van der Waals surface area contributed by atoms with E-state index >= 15 is 0 Å². The zero-order valence-corrected chi connectivity index (χ0v) is 8.58. The van der Waals surface area contributed by atoms with E-state index in [1.54, 1.807) is 0 Å². The molecule has 72 valence electrons. The maximum absolute atomic E-state index is 4.32. The predicted octanol–water partition coefficient (Wildman–Crippen LogP) is 2.69. The van der Waals surface area contributed by atoms with Crippen LogP contribution in [0.25, 0.3) is 0 Å². The molecule has 1 aliphatic rings. The fraction of sp³-hybridized carbons (Fsp3) is 0.727. The first-order chi connectivity index (χ1) is 6.27. The molecule has 0 N–H and O–H groups in total. The summed E-state index contributed by atoms with van der Waals surface area (Å²) in [6.07, 6.45) is 7.67. The van der Waals surface area contributed by atoms with E-state index in [1.165, 1.54) is 43.6 Å². The van der Waals surface area contributed by atoms with Gasteiger partial charge in [-0.25, -0.2) is 4.98 Å². The van der Waals surface area contributed by atoms with Crippen molar-refractivity contribution in [3.63, 3.8) is 0 Å². The van der Waals surface area contributed by atoms with Crippen LogP contribution in [0.1, 0.15) is 37.1 Å². The Labute approximate surface area is 80.0 Å². The van der Waals surface area contributed by atoms with Crippen LogP contribution in [0.15, 0.2) is 6.33 Å². The van der Waals surface area contributed by atoms with Gasteiger partial charge in [-0.05, 0) is 32.6 Å². The molecular formula is C11H18N2. The van der Waals surface area contributed by atoms with Gasteiger partial charge in [-0.3, -0.25) is 0 Å². The van der Waals surface area contributed by atoms with E-state index in [1.807, 2.05) is 6.33 Å². The van der Waals surface area contributed by atoms with Crippen molar-refractivity contribution in [1.29, 1.82) is 0 Å². The van der Waals surface area contributed by atoms with Gasteiger partial charge >= 0.3 is 0 Å². The monoisotopic (exact) mass is 178 g/mol. The van der Waals surface area contributed by atoms with E-state index in [4.69, 9.17) is 0 Å². The van der Waals surface area contributed by atoms with Crippen LogP contribution in [0.5, 0.6) is 0 Å². The molecule has 1 aromatic rings. The molecule has 0 amide bonds. The largest absolute Gasteiger partial charge is 0.334 e. The molecule has 0 atom stereocenters. The molecule has 2 nitrogen and oxygen atoms in total. The maximum Gasteiger partial charge on any atom is 0.0951 e. The van der Waals surface area contributed by atoms with Crippen LogP contribution < -0.4 is 0 Å². The van der Waals surface area contributed by atoms with E-state index in [2.05, 4.69) is 23.4 Å². The minimum Gasteiger partial charge on any atom is -0.334 e. The van der Waals surface area contributed by atoms with Crippen molar-refractivity contribution in [2.75, 3.05) is 0 Å². The molecule has 2 heteroatoms. The molecule has 0 spiro atoms. The van der Waals surface area contributed by atoms with Gasteiger partial charge in [0.05, 0.1) is 12.0 Å². The lowest BCUT2D eigenvalue weighted by Gasteiger charge is -2.11. The Hall–Kier alpha value is -0.790. The summed E-state index contributed by atoms with van der Waals surface area (Å²) < 4.78 is 2.31.